The zero-order valence-corrected chi connectivity index (χ0v) is 13.2. The van der Waals surface area contributed by atoms with Crippen molar-refractivity contribution in [1.82, 2.24) is 15.5 Å². The lowest BCUT2D eigenvalue weighted by molar-refractivity contribution is 0.179. The third kappa shape index (κ3) is 3.53. The molecule has 2 heterocycles. The average molecular weight is 303 g/mol. The van der Waals surface area contributed by atoms with Crippen LogP contribution in [0.3, 0.4) is 0 Å². The molecule has 1 aromatic rings. The molecular formula is C17H25N3O2. The fourth-order valence-corrected chi connectivity index (χ4v) is 3.56. The normalized spacial score (nSPS) is 24.6. The number of ether oxygens (including phenoxy) is 1. The Morgan fingerprint density at radius 2 is 2.05 bits per heavy atom. The Bertz CT molecular complexity index is 503. The zero-order chi connectivity index (χ0) is 15.4. The predicted octanol–water partition coefficient (Wildman–Crippen LogP) is 2.12. The molecule has 0 radical (unpaired) electrons. The molecule has 2 fully saturated rings. The van der Waals surface area contributed by atoms with Crippen LogP contribution in [0.25, 0.3) is 0 Å². The molecule has 22 heavy (non-hydrogen) atoms. The molecule has 5 nitrogen and oxygen atoms in total. The van der Waals surface area contributed by atoms with Gasteiger partial charge in [-0.3, -0.25) is 4.90 Å². The summed E-state index contributed by atoms with van der Waals surface area (Å²) in [5.74, 6) is 0.830. The monoisotopic (exact) mass is 303 g/mol. The van der Waals surface area contributed by atoms with Gasteiger partial charge < -0.3 is 15.4 Å². The lowest BCUT2D eigenvalue weighted by atomic mass is 9.99. The summed E-state index contributed by atoms with van der Waals surface area (Å²) in [7, 11) is 1.65. The van der Waals surface area contributed by atoms with Crippen LogP contribution in [0, 0.1) is 0 Å². The van der Waals surface area contributed by atoms with Gasteiger partial charge in [-0.1, -0.05) is 18.6 Å². The summed E-state index contributed by atoms with van der Waals surface area (Å²) in [6.07, 6.45) is 4.86. The van der Waals surface area contributed by atoms with Gasteiger partial charge in [-0.15, -0.1) is 0 Å². The van der Waals surface area contributed by atoms with Gasteiger partial charge in [0.25, 0.3) is 0 Å². The molecule has 2 saturated heterocycles. The first-order valence-electron chi connectivity index (χ1n) is 8.17. The van der Waals surface area contributed by atoms with Crippen LogP contribution in [0.5, 0.6) is 5.75 Å². The molecule has 3 rings (SSSR count). The number of nitrogens with zero attached hydrogens (tertiary/aromatic N) is 1. The van der Waals surface area contributed by atoms with Crippen molar-refractivity contribution in [2.75, 3.05) is 20.2 Å². The summed E-state index contributed by atoms with van der Waals surface area (Å²) in [6.45, 7) is 2.85. The minimum atomic E-state index is -0.0618. The van der Waals surface area contributed by atoms with Gasteiger partial charge in [-0.2, -0.15) is 0 Å². The molecule has 0 spiro atoms. The number of fused-ring (bicyclic) bond motifs is 1. The van der Waals surface area contributed by atoms with E-state index in [1.807, 2.05) is 24.3 Å². The summed E-state index contributed by atoms with van der Waals surface area (Å²) in [5, 5.41) is 6.10. The van der Waals surface area contributed by atoms with Crippen LogP contribution < -0.4 is 15.4 Å². The summed E-state index contributed by atoms with van der Waals surface area (Å²) < 4.78 is 5.13. The van der Waals surface area contributed by atoms with Crippen LogP contribution in [0.2, 0.25) is 0 Å². The molecule has 0 bridgehead atoms. The SMILES string of the molecule is COc1ccc(CNC(=O)NC2CCN3CCCCC23)cc1. The lowest BCUT2D eigenvalue weighted by Crippen LogP contribution is -2.49. The topological polar surface area (TPSA) is 53.6 Å². The number of urea groups is 1. The highest BCUT2D eigenvalue weighted by atomic mass is 16.5. The first-order chi connectivity index (χ1) is 10.8. The zero-order valence-electron chi connectivity index (χ0n) is 13.2. The maximum absolute atomic E-state index is 12.1. The molecular weight excluding hydrogens is 278 g/mol. The summed E-state index contributed by atoms with van der Waals surface area (Å²) in [5.41, 5.74) is 1.07. The van der Waals surface area contributed by atoms with Crippen molar-refractivity contribution < 1.29 is 9.53 Å². The Hall–Kier alpha value is -1.75. The highest BCUT2D eigenvalue weighted by molar-refractivity contribution is 5.74. The van der Waals surface area contributed by atoms with Crippen LogP contribution in [-0.4, -0.2) is 43.2 Å². The van der Waals surface area contributed by atoms with E-state index in [1.165, 1.54) is 25.8 Å². The second kappa shape index (κ2) is 7.01. The summed E-state index contributed by atoms with van der Waals surface area (Å²) >= 11 is 0. The largest absolute Gasteiger partial charge is 0.497 e. The molecule has 2 aliphatic heterocycles. The number of carbonyl (C=O) groups is 1. The van der Waals surface area contributed by atoms with Gasteiger partial charge in [-0.05, 0) is 43.5 Å². The molecule has 120 valence electrons. The predicted molar refractivity (Wildman–Crippen MR) is 86.0 cm³/mol. The van der Waals surface area contributed by atoms with Gasteiger partial charge in [0.15, 0.2) is 0 Å². The molecule has 2 N–H and O–H groups in total. The van der Waals surface area contributed by atoms with E-state index in [2.05, 4.69) is 15.5 Å². The van der Waals surface area contributed by atoms with E-state index in [0.717, 1.165) is 24.3 Å². The molecule has 1 aromatic carbocycles. The van der Waals surface area contributed by atoms with Crippen molar-refractivity contribution in [3.05, 3.63) is 29.8 Å². The number of hydrogen-bond acceptors (Lipinski definition) is 3. The molecule has 2 amide bonds. The van der Waals surface area contributed by atoms with Crippen LogP contribution in [0.1, 0.15) is 31.2 Å². The number of amides is 2. The van der Waals surface area contributed by atoms with Gasteiger partial charge >= 0.3 is 6.03 Å². The molecule has 5 heteroatoms. The maximum atomic E-state index is 12.1. The molecule has 2 aliphatic rings. The summed E-state index contributed by atoms with van der Waals surface area (Å²) in [4.78, 5) is 14.6. The third-order valence-corrected chi connectivity index (χ3v) is 4.78. The van der Waals surface area contributed by atoms with Gasteiger partial charge in [0.05, 0.1) is 7.11 Å². The van der Waals surface area contributed by atoms with E-state index in [1.54, 1.807) is 7.11 Å². The highest BCUT2D eigenvalue weighted by Crippen LogP contribution is 2.27. The van der Waals surface area contributed by atoms with Crippen LogP contribution >= 0.6 is 0 Å². The standard InChI is InChI=1S/C17H25N3O2/c1-22-14-7-5-13(6-8-14)12-18-17(21)19-15-9-11-20-10-3-2-4-16(15)20/h5-8,15-16H,2-4,9-12H2,1H3,(H2,18,19,21). The van der Waals surface area contributed by atoms with Crippen LogP contribution in [-0.2, 0) is 6.54 Å². The van der Waals surface area contributed by atoms with Gasteiger partial charge in [0.2, 0.25) is 0 Å². The van der Waals surface area contributed by atoms with Crippen molar-refractivity contribution >= 4 is 6.03 Å². The van der Waals surface area contributed by atoms with Crippen molar-refractivity contribution in [1.29, 1.82) is 0 Å². The van der Waals surface area contributed by atoms with Gasteiger partial charge in [0.1, 0.15) is 5.75 Å². The van der Waals surface area contributed by atoms with Crippen molar-refractivity contribution in [3.63, 3.8) is 0 Å². The molecule has 0 aromatic heterocycles. The first kappa shape index (κ1) is 15.2. The molecule has 0 saturated carbocycles. The Kier molecular flexibility index (Phi) is 4.83. The Morgan fingerprint density at radius 3 is 2.82 bits per heavy atom. The molecule has 2 unspecified atom stereocenters. The van der Waals surface area contributed by atoms with Gasteiger partial charge in [-0.25, -0.2) is 4.79 Å². The highest BCUT2D eigenvalue weighted by Gasteiger charge is 2.36. The number of rotatable bonds is 4. The number of hydrogen-bond donors (Lipinski definition) is 2. The minimum absolute atomic E-state index is 0.0618. The fourth-order valence-electron chi connectivity index (χ4n) is 3.56. The minimum Gasteiger partial charge on any atom is -0.497 e. The van der Waals surface area contributed by atoms with E-state index in [9.17, 15) is 4.79 Å². The molecule has 2 atom stereocenters. The van der Waals surface area contributed by atoms with E-state index < -0.39 is 0 Å². The van der Waals surface area contributed by atoms with Crippen LogP contribution in [0.15, 0.2) is 24.3 Å². The Balaban J connectivity index is 1.46. The molecule has 0 aliphatic carbocycles. The number of nitrogens with one attached hydrogen (secondary N) is 2. The van der Waals surface area contributed by atoms with E-state index >= 15 is 0 Å². The summed E-state index contributed by atoms with van der Waals surface area (Å²) in [6, 6.07) is 8.54. The van der Waals surface area contributed by atoms with E-state index in [-0.39, 0.29) is 6.03 Å². The number of carbonyl (C=O) groups excluding carboxylic acids is 1. The van der Waals surface area contributed by atoms with Crippen molar-refractivity contribution in [2.24, 2.45) is 0 Å². The number of methoxy groups -OCH3 is 1. The fraction of sp³-hybridized carbons (Fsp3) is 0.588. The third-order valence-electron chi connectivity index (χ3n) is 4.78. The Labute approximate surface area is 132 Å². The number of piperidine rings is 1. The lowest BCUT2D eigenvalue weighted by Gasteiger charge is -2.32. The first-order valence-corrected chi connectivity index (χ1v) is 8.17. The second-order valence-electron chi connectivity index (χ2n) is 6.17. The quantitative estimate of drug-likeness (QED) is 0.896. The second-order valence-corrected chi connectivity index (χ2v) is 6.17. The van der Waals surface area contributed by atoms with E-state index in [4.69, 9.17) is 4.74 Å². The maximum Gasteiger partial charge on any atom is 0.315 e. The number of benzene rings is 1. The van der Waals surface area contributed by atoms with Crippen LogP contribution in [0.4, 0.5) is 4.79 Å². The van der Waals surface area contributed by atoms with Crippen molar-refractivity contribution in [3.8, 4) is 5.75 Å². The van der Waals surface area contributed by atoms with Gasteiger partial charge in [0, 0.05) is 25.2 Å². The average Bonchev–Trinajstić information content (AvgIpc) is 2.97. The van der Waals surface area contributed by atoms with Crippen molar-refractivity contribution in [2.45, 2.75) is 44.3 Å². The smallest absolute Gasteiger partial charge is 0.315 e. The van der Waals surface area contributed by atoms with E-state index in [0.29, 0.717) is 18.6 Å². The Morgan fingerprint density at radius 1 is 1.23 bits per heavy atom.